The second-order valence-corrected chi connectivity index (χ2v) is 7.98. The summed E-state index contributed by atoms with van der Waals surface area (Å²) in [5.74, 6) is 2.71. The summed E-state index contributed by atoms with van der Waals surface area (Å²) < 4.78 is 12.7. The summed E-state index contributed by atoms with van der Waals surface area (Å²) >= 11 is 6.26. The second kappa shape index (κ2) is 9.91. The van der Waals surface area contributed by atoms with Gasteiger partial charge >= 0.3 is 6.03 Å². The number of hydrogen-bond donors (Lipinski definition) is 1. The SMILES string of the molecule is COc1cccc(NC(=O)N(Cc2nc3n(n2)CCCCC3)c2cc(Cl)ccc2OC)c1. The molecule has 2 heterocycles. The van der Waals surface area contributed by atoms with E-state index in [4.69, 9.17) is 26.1 Å². The topological polar surface area (TPSA) is 81.5 Å². The fourth-order valence-electron chi connectivity index (χ4n) is 3.75. The lowest BCUT2D eigenvalue weighted by Crippen LogP contribution is -2.35. The number of halogens is 1. The molecule has 32 heavy (non-hydrogen) atoms. The number of fused-ring (bicyclic) bond motifs is 1. The molecule has 0 aliphatic carbocycles. The maximum atomic E-state index is 13.4. The van der Waals surface area contributed by atoms with E-state index in [0.717, 1.165) is 31.6 Å². The van der Waals surface area contributed by atoms with Gasteiger partial charge in [0.05, 0.1) is 26.5 Å². The Bertz CT molecular complexity index is 1080. The van der Waals surface area contributed by atoms with E-state index in [1.54, 1.807) is 49.5 Å². The summed E-state index contributed by atoms with van der Waals surface area (Å²) in [6.45, 7) is 1.02. The highest BCUT2D eigenvalue weighted by atomic mass is 35.5. The van der Waals surface area contributed by atoms with Gasteiger partial charge in [0.1, 0.15) is 17.3 Å². The van der Waals surface area contributed by atoms with Crippen molar-refractivity contribution in [1.29, 1.82) is 0 Å². The molecule has 0 saturated carbocycles. The smallest absolute Gasteiger partial charge is 0.326 e. The zero-order valence-corrected chi connectivity index (χ0v) is 18.9. The molecule has 1 N–H and O–H groups in total. The van der Waals surface area contributed by atoms with Crippen molar-refractivity contribution in [2.24, 2.45) is 0 Å². The molecular formula is C23H26ClN5O3. The van der Waals surface area contributed by atoms with E-state index < -0.39 is 0 Å². The van der Waals surface area contributed by atoms with E-state index in [9.17, 15) is 4.79 Å². The monoisotopic (exact) mass is 455 g/mol. The van der Waals surface area contributed by atoms with Crippen molar-refractivity contribution in [2.75, 3.05) is 24.4 Å². The maximum absolute atomic E-state index is 13.4. The van der Waals surface area contributed by atoms with Crippen LogP contribution in [0.3, 0.4) is 0 Å². The molecule has 8 nitrogen and oxygen atoms in total. The predicted molar refractivity (Wildman–Crippen MR) is 124 cm³/mol. The Morgan fingerprint density at radius 2 is 2.03 bits per heavy atom. The predicted octanol–water partition coefficient (Wildman–Crippen LogP) is 4.91. The van der Waals surface area contributed by atoms with E-state index in [-0.39, 0.29) is 12.6 Å². The molecule has 0 saturated heterocycles. The fraction of sp³-hybridized carbons (Fsp3) is 0.348. The van der Waals surface area contributed by atoms with Crippen LogP contribution in [0.2, 0.25) is 5.02 Å². The summed E-state index contributed by atoms with van der Waals surface area (Å²) in [7, 11) is 3.14. The van der Waals surface area contributed by atoms with Gasteiger partial charge in [0.25, 0.3) is 0 Å². The van der Waals surface area contributed by atoms with Gasteiger partial charge in [0.2, 0.25) is 0 Å². The first-order valence-corrected chi connectivity index (χ1v) is 10.9. The van der Waals surface area contributed by atoms with Crippen LogP contribution in [-0.2, 0) is 19.5 Å². The standard InChI is InChI=1S/C23H26ClN5O3/c1-31-18-8-6-7-17(14-18)25-23(30)28(19-13-16(24)10-11-20(19)32-2)15-21-26-22-9-4-3-5-12-29(22)27-21/h6-8,10-11,13-14H,3-5,9,12,15H2,1-2H3,(H,25,30). The molecule has 0 radical (unpaired) electrons. The number of hydrogen-bond acceptors (Lipinski definition) is 5. The minimum Gasteiger partial charge on any atom is -0.497 e. The molecule has 0 spiro atoms. The second-order valence-electron chi connectivity index (χ2n) is 7.54. The molecule has 0 atom stereocenters. The number of urea groups is 1. The average Bonchev–Trinajstić information content (AvgIpc) is 3.05. The third-order valence-electron chi connectivity index (χ3n) is 5.36. The van der Waals surface area contributed by atoms with E-state index in [1.807, 2.05) is 16.8 Å². The number of nitrogens with one attached hydrogen (secondary N) is 1. The number of ether oxygens (including phenoxy) is 2. The quantitative estimate of drug-likeness (QED) is 0.570. The number of nitrogens with zero attached hydrogens (tertiary/aromatic N) is 4. The lowest BCUT2D eigenvalue weighted by molar-refractivity contribution is 0.256. The Balaban J connectivity index is 1.66. The summed E-state index contributed by atoms with van der Waals surface area (Å²) in [5.41, 5.74) is 1.14. The number of aromatic nitrogens is 3. The first-order valence-electron chi connectivity index (χ1n) is 10.6. The lowest BCUT2D eigenvalue weighted by atomic mass is 10.2. The fourth-order valence-corrected chi connectivity index (χ4v) is 3.92. The molecule has 168 valence electrons. The van der Waals surface area contributed by atoms with Crippen LogP contribution >= 0.6 is 11.6 Å². The summed E-state index contributed by atoms with van der Waals surface area (Å²) in [5, 5.41) is 8.08. The van der Waals surface area contributed by atoms with Crippen LogP contribution in [0.25, 0.3) is 0 Å². The normalized spacial score (nSPS) is 13.1. The van der Waals surface area contributed by atoms with Gasteiger partial charge in [-0.05, 0) is 43.2 Å². The van der Waals surface area contributed by atoms with Gasteiger partial charge in [-0.3, -0.25) is 4.90 Å². The van der Waals surface area contributed by atoms with Gasteiger partial charge in [0.15, 0.2) is 5.82 Å². The van der Waals surface area contributed by atoms with Crippen LogP contribution in [0.15, 0.2) is 42.5 Å². The molecule has 1 aliphatic rings. The van der Waals surface area contributed by atoms with Gasteiger partial charge in [-0.25, -0.2) is 14.5 Å². The number of carbonyl (C=O) groups is 1. The van der Waals surface area contributed by atoms with E-state index in [1.165, 1.54) is 6.42 Å². The molecule has 0 unspecified atom stereocenters. The number of amides is 2. The number of rotatable bonds is 6. The Hall–Kier alpha value is -3.26. The van der Waals surface area contributed by atoms with Crippen molar-refractivity contribution < 1.29 is 14.3 Å². The average molecular weight is 456 g/mol. The molecule has 1 aromatic heterocycles. The van der Waals surface area contributed by atoms with Crippen LogP contribution in [0.4, 0.5) is 16.2 Å². The molecule has 2 amide bonds. The van der Waals surface area contributed by atoms with Crippen molar-refractivity contribution in [2.45, 2.75) is 38.8 Å². The van der Waals surface area contributed by atoms with Crippen LogP contribution in [-0.4, -0.2) is 35.0 Å². The van der Waals surface area contributed by atoms with E-state index >= 15 is 0 Å². The molecule has 9 heteroatoms. The van der Waals surface area contributed by atoms with Crippen LogP contribution in [0, 0.1) is 0 Å². The molecule has 1 aliphatic heterocycles. The van der Waals surface area contributed by atoms with E-state index in [0.29, 0.717) is 33.7 Å². The number of aryl methyl sites for hydroxylation is 2. The molecular weight excluding hydrogens is 430 g/mol. The molecule has 0 bridgehead atoms. The molecule has 4 rings (SSSR count). The zero-order chi connectivity index (χ0) is 22.5. The Morgan fingerprint density at radius 1 is 1.16 bits per heavy atom. The van der Waals surface area contributed by atoms with Crippen LogP contribution in [0.1, 0.15) is 30.9 Å². The van der Waals surface area contributed by atoms with Crippen molar-refractivity contribution in [3.63, 3.8) is 0 Å². The molecule has 3 aromatic rings. The van der Waals surface area contributed by atoms with Crippen molar-refractivity contribution in [1.82, 2.24) is 14.8 Å². The third kappa shape index (κ3) is 4.96. The lowest BCUT2D eigenvalue weighted by Gasteiger charge is -2.24. The maximum Gasteiger partial charge on any atom is 0.326 e. The number of anilines is 2. The number of benzene rings is 2. The minimum absolute atomic E-state index is 0.173. The van der Waals surface area contributed by atoms with Crippen molar-refractivity contribution in [3.8, 4) is 11.5 Å². The van der Waals surface area contributed by atoms with Gasteiger partial charge in [-0.15, -0.1) is 0 Å². The minimum atomic E-state index is -0.358. The van der Waals surface area contributed by atoms with Gasteiger partial charge < -0.3 is 14.8 Å². The number of methoxy groups -OCH3 is 2. The Kier molecular flexibility index (Phi) is 6.80. The highest BCUT2D eigenvalue weighted by molar-refractivity contribution is 6.31. The molecule has 0 fully saturated rings. The highest BCUT2D eigenvalue weighted by Gasteiger charge is 2.24. The van der Waals surface area contributed by atoms with Crippen molar-refractivity contribution >= 4 is 29.0 Å². The number of carbonyl (C=O) groups excluding carboxylic acids is 1. The van der Waals surface area contributed by atoms with Gasteiger partial charge in [-0.2, -0.15) is 5.10 Å². The first kappa shape index (κ1) is 22.0. The van der Waals surface area contributed by atoms with Crippen LogP contribution in [0.5, 0.6) is 11.5 Å². The summed E-state index contributed by atoms with van der Waals surface area (Å²) in [6.07, 6.45) is 4.25. The van der Waals surface area contributed by atoms with Gasteiger partial charge in [-0.1, -0.05) is 24.1 Å². The zero-order valence-electron chi connectivity index (χ0n) is 18.2. The Labute approximate surface area is 192 Å². The molecule has 2 aromatic carbocycles. The van der Waals surface area contributed by atoms with Crippen molar-refractivity contribution in [3.05, 3.63) is 59.1 Å². The van der Waals surface area contributed by atoms with E-state index in [2.05, 4.69) is 10.4 Å². The highest BCUT2D eigenvalue weighted by Crippen LogP contribution is 2.33. The largest absolute Gasteiger partial charge is 0.497 e. The summed E-state index contributed by atoms with van der Waals surface area (Å²) in [6, 6.07) is 12.0. The first-order chi connectivity index (χ1) is 15.6. The van der Waals surface area contributed by atoms with Crippen LogP contribution < -0.4 is 19.7 Å². The Morgan fingerprint density at radius 3 is 2.84 bits per heavy atom. The van der Waals surface area contributed by atoms with Gasteiger partial charge in [0, 0.05) is 29.7 Å². The third-order valence-corrected chi connectivity index (χ3v) is 5.59. The summed E-state index contributed by atoms with van der Waals surface area (Å²) in [4.78, 5) is 19.7.